The lowest BCUT2D eigenvalue weighted by atomic mass is 9.97. The number of amides is 1. The third kappa shape index (κ3) is 5.17. The standard InChI is InChI=1S/C22H26N2O3/c1-16(18-7-3-2-4-8-18)21(25)23-20-9-5-6-17(14-20)15-24-12-10-19(11-13-24)22(26)27/h2-9,14,16,19H,10-13,15H2,1H3,(H,23,25)(H,26,27). The molecule has 0 radical (unpaired) electrons. The van der Waals surface area contributed by atoms with Crippen LogP contribution in [0, 0.1) is 5.92 Å². The van der Waals surface area contributed by atoms with Crippen LogP contribution >= 0.6 is 0 Å². The summed E-state index contributed by atoms with van der Waals surface area (Å²) < 4.78 is 0. The van der Waals surface area contributed by atoms with Gasteiger partial charge < -0.3 is 10.4 Å². The van der Waals surface area contributed by atoms with Crippen molar-refractivity contribution in [3.8, 4) is 0 Å². The number of carboxylic acids is 1. The van der Waals surface area contributed by atoms with Gasteiger partial charge in [-0.15, -0.1) is 0 Å². The van der Waals surface area contributed by atoms with Crippen molar-refractivity contribution in [2.75, 3.05) is 18.4 Å². The first-order chi connectivity index (χ1) is 13.0. The normalized spacial score (nSPS) is 16.6. The molecule has 1 aliphatic heterocycles. The summed E-state index contributed by atoms with van der Waals surface area (Å²) in [6.45, 7) is 4.25. The van der Waals surface area contributed by atoms with Gasteiger partial charge in [0, 0.05) is 12.2 Å². The highest BCUT2D eigenvalue weighted by Gasteiger charge is 2.24. The van der Waals surface area contributed by atoms with Gasteiger partial charge in [0.2, 0.25) is 5.91 Å². The highest BCUT2D eigenvalue weighted by atomic mass is 16.4. The van der Waals surface area contributed by atoms with Crippen molar-refractivity contribution in [3.05, 3.63) is 65.7 Å². The number of anilines is 1. The summed E-state index contributed by atoms with van der Waals surface area (Å²) in [6, 6.07) is 17.6. The number of piperidine rings is 1. The number of nitrogens with one attached hydrogen (secondary N) is 1. The van der Waals surface area contributed by atoms with Crippen molar-refractivity contribution in [1.29, 1.82) is 0 Å². The minimum absolute atomic E-state index is 0.0272. The number of benzene rings is 2. The lowest BCUT2D eigenvalue weighted by Gasteiger charge is -2.30. The van der Waals surface area contributed by atoms with E-state index in [1.165, 1.54) is 0 Å². The van der Waals surface area contributed by atoms with Crippen molar-refractivity contribution in [2.24, 2.45) is 5.92 Å². The summed E-state index contributed by atoms with van der Waals surface area (Å²) >= 11 is 0. The Hall–Kier alpha value is -2.66. The van der Waals surface area contributed by atoms with Crippen LogP contribution < -0.4 is 5.32 Å². The zero-order valence-electron chi connectivity index (χ0n) is 15.6. The lowest BCUT2D eigenvalue weighted by molar-refractivity contribution is -0.143. The summed E-state index contributed by atoms with van der Waals surface area (Å²) in [5.41, 5.74) is 2.90. The van der Waals surface area contributed by atoms with E-state index < -0.39 is 5.97 Å². The molecule has 2 N–H and O–H groups in total. The van der Waals surface area contributed by atoms with Crippen LogP contribution in [-0.2, 0) is 16.1 Å². The second kappa shape index (κ2) is 8.82. The summed E-state index contributed by atoms with van der Waals surface area (Å²) in [5.74, 6) is -1.15. The van der Waals surface area contributed by atoms with Crippen LogP contribution in [0.2, 0.25) is 0 Å². The fourth-order valence-electron chi connectivity index (χ4n) is 3.49. The largest absolute Gasteiger partial charge is 0.481 e. The quantitative estimate of drug-likeness (QED) is 0.817. The van der Waals surface area contributed by atoms with Gasteiger partial charge in [-0.1, -0.05) is 42.5 Å². The van der Waals surface area contributed by atoms with Crippen molar-refractivity contribution in [2.45, 2.75) is 32.2 Å². The van der Waals surface area contributed by atoms with E-state index >= 15 is 0 Å². The fourth-order valence-corrected chi connectivity index (χ4v) is 3.49. The second-order valence-electron chi connectivity index (χ2n) is 7.21. The molecule has 1 atom stereocenters. The molecule has 1 amide bonds. The Bertz CT molecular complexity index is 783. The smallest absolute Gasteiger partial charge is 0.306 e. The van der Waals surface area contributed by atoms with Gasteiger partial charge in [0.15, 0.2) is 0 Å². The molecule has 0 spiro atoms. The Morgan fingerprint density at radius 1 is 1.11 bits per heavy atom. The van der Waals surface area contributed by atoms with Crippen molar-refractivity contribution in [3.63, 3.8) is 0 Å². The van der Waals surface area contributed by atoms with Crippen LogP contribution in [0.1, 0.15) is 36.8 Å². The summed E-state index contributed by atoms with van der Waals surface area (Å²) in [7, 11) is 0. The van der Waals surface area contributed by atoms with E-state index in [4.69, 9.17) is 5.11 Å². The Morgan fingerprint density at radius 3 is 2.48 bits per heavy atom. The van der Waals surface area contributed by atoms with Crippen molar-refractivity contribution >= 4 is 17.6 Å². The minimum Gasteiger partial charge on any atom is -0.481 e. The van der Waals surface area contributed by atoms with Gasteiger partial charge in [-0.25, -0.2) is 0 Å². The van der Waals surface area contributed by atoms with E-state index in [0.717, 1.165) is 36.4 Å². The van der Waals surface area contributed by atoms with E-state index in [1.807, 2.05) is 61.5 Å². The number of aliphatic carboxylic acids is 1. The maximum atomic E-state index is 12.5. The number of nitrogens with zero attached hydrogens (tertiary/aromatic N) is 1. The Kier molecular flexibility index (Phi) is 6.24. The monoisotopic (exact) mass is 366 g/mol. The Balaban J connectivity index is 1.57. The topological polar surface area (TPSA) is 69.6 Å². The molecule has 0 aliphatic carbocycles. The summed E-state index contributed by atoms with van der Waals surface area (Å²) in [4.78, 5) is 25.9. The summed E-state index contributed by atoms with van der Waals surface area (Å²) in [5, 5.41) is 12.1. The second-order valence-corrected chi connectivity index (χ2v) is 7.21. The molecule has 3 rings (SSSR count). The number of likely N-dealkylation sites (tertiary alicyclic amines) is 1. The molecule has 2 aromatic rings. The number of hydrogen-bond acceptors (Lipinski definition) is 3. The third-order valence-electron chi connectivity index (χ3n) is 5.23. The number of carbonyl (C=O) groups is 2. The van der Waals surface area contributed by atoms with Crippen LogP contribution in [0.25, 0.3) is 0 Å². The zero-order chi connectivity index (χ0) is 19.2. The molecular formula is C22H26N2O3. The van der Waals surface area contributed by atoms with E-state index in [2.05, 4.69) is 10.2 Å². The lowest BCUT2D eigenvalue weighted by Crippen LogP contribution is -2.35. The van der Waals surface area contributed by atoms with Gasteiger partial charge in [-0.05, 0) is 56.1 Å². The molecule has 0 saturated carbocycles. The zero-order valence-corrected chi connectivity index (χ0v) is 15.6. The highest BCUT2D eigenvalue weighted by Crippen LogP contribution is 2.21. The molecule has 5 heteroatoms. The van der Waals surface area contributed by atoms with E-state index in [-0.39, 0.29) is 17.7 Å². The first kappa shape index (κ1) is 19.1. The van der Waals surface area contributed by atoms with E-state index in [0.29, 0.717) is 12.8 Å². The van der Waals surface area contributed by atoms with Gasteiger partial charge in [-0.2, -0.15) is 0 Å². The predicted octanol–water partition coefficient (Wildman–Crippen LogP) is 3.73. The Labute approximate surface area is 160 Å². The third-order valence-corrected chi connectivity index (χ3v) is 5.23. The molecule has 1 aliphatic rings. The first-order valence-electron chi connectivity index (χ1n) is 9.43. The average molecular weight is 366 g/mol. The van der Waals surface area contributed by atoms with Gasteiger partial charge in [-0.3, -0.25) is 14.5 Å². The van der Waals surface area contributed by atoms with Crippen LogP contribution in [0.4, 0.5) is 5.69 Å². The van der Waals surface area contributed by atoms with Crippen LogP contribution in [-0.4, -0.2) is 35.0 Å². The fraction of sp³-hybridized carbons (Fsp3) is 0.364. The molecule has 0 aromatic heterocycles. The molecular weight excluding hydrogens is 340 g/mol. The number of carboxylic acid groups (broad SMARTS) is 1. The highest BCUT2D eigenvalue weighted by molar-refractivity contribution is 5.95. The van der Waals surface area contributed by atoms with Gasteiger partial charge in [0.1, 0.15) is 0 Å². The molecule has 5 nitrogen and oxygen atoms in total. The van der Waals surface area contributed by atoms with Crippen LogP contribution in [0.15, 0.2) is 54.6 Å². The molecule has 2 aromatic carbocycles. The predicted molar refractivity (Wildman–Crippen MR) is 106 cm³/mol. The molecule has 1 saturated heterocycles. The maximum absolute atomic E-state index is 12.5. The number of carbonyl (C=O) groups excluding carboxylic acids is 1. The molecule has 27 heavy (non-hydrogen) atoms. The van der Waals surface area contributed by atoms with Gasteiger partial charge in [0.25, 0.3) is 0 Å². The van der Waals surface area contributed by atoms with Crippen LogP contribution in [0.5, 0.6) is 0 Å². The molecule has 1 fully saturated rings. The van der Waals surface area contributed by atoms with Crippen molar-refractivity contribution < 1.29 is 14.7 Å². The number of rotatable bonds is 6. The molecule has 142 valence electrons. The average Bonchev–Trinajstić information content (AvgIpc) is 2.68. The van der Waals surface area contributed by atoms with E-state index in [1.54, 1.807) is 0 Å². The first-order valence-corrected chi connectivity index (χ1v) is 9.43. The molecule has 1 heterocycles. The van der Waals surface area contributed by atoms with Gasteiger partial charge in [0.05, 0.1) is 11.8 Å². The maximum Gasteiger partial charge on any atom is 0.306 e. The summed E-state index contributed by atoms with van der Waals surface area (Å²) in [6.07, 6.45) is 1.39. The molecule has 0 bridgehead atoms. The SMILES string of the molecule is CC(C(=O)Nc1cccc(CN2CCC(C(=O)O)CC2)c1)c1ccccc1. The molecule has 1 unspecified atom stereocenters. The Morgan fingerprint density at radius 2 is 1.81 bits per heavy atom. The van der Waals surface area contributed by atoms with E-state index in [9.17, 15) is 9.59 Å². The minimum atomic E-state index is -0.688. The number of hydrogen-bond donors (Lipinski definition) is 2. The van der Waals surface area contributed by atoms with Crippen LogP contribution in [0.3, 0.4) is 0 Å². The van der Waals surface area contributed by atoms with Gasteiger partial charge >= 0.3 is 5.97 Å². The van der Waals surface area contributed by atoms with Crippen molar-refractivity contribution in [1.82, 2.24) is 4.90 Å².